The van der Waals surface area contributed by atoms with Gasteiger partial charge in [0.05, 0.1) is 36.3 Å². The lowest BCUT2D eigenvalue weighted by molar-refractivity contribution is 0.0696. The molecular weight excluding hydrogens is 540 g/mol. The molecule has 9 heteroatoms. The summed E-state index contributed by atoms with van der Waals surface area (Å²) < 4.78 is 10.2. The first-order valence-corrected chi connectivity index (χ1v) is 15.4. The standard InChI is InChI=1S/C34H36N6O3/c1-19-23-8-11-28(19)40(17-23)34(42)24-12-27-31(30(14-24)43-3)38(2)33(37-27)29-13-22-7-10-26(25-9-6-21(18-41)15-35-25)36-32(22)39(29)16-20-4-5-20/h6-7,9-10,12-15,19-20,23,28,41H,4-5,8,11,16-18H2,1-3H3/t19-,23?,28?/m1/s1. The first-order valence-electron chi connectivity index (χ1n) is 15.4. The maximum atomic E-state index is 13.7. The molecule has 2 saturated carbocycles. The Labute approximate surface area is 250 Å². The summed E-state index contributed by atoms with van der Waals surface area (Å²) in [7, 11) is 3.67. The van der Waals surface area contributed by atoms with Crippen LogP contribution < -0.4 is 4.74 Å². The number of rotatable bonds is 7. The Morgan fingerprint density at radius 2 is 1.88 bits per heavy atom. The lowest BCUT2D eigenvalue weighted by Gasteiger charge is -2.27. The highest BCUT2D eigenvalue weighted by Crippen LogP contribution is 2.44. The molecule has 1 aliphatic heterocycles. The van der Waals surface area contributed by atoms with Gasteiger partial charge in [-0.3, -0.25) is 9.78 Å². The number of methoxy groups -OCH3 is 1. The van der Waals surface area contributed by atoms with Crippen LogP contribution in [-0.4, -0.2) is 59.7 Å². The lowest BCUT2D eigenvalue weighted by atomic mass is 10.0. The van der Waals surface area contributed by atoms with E-state index in [4.69, 9.17) is 14.7 Å². The molecule has 2 bridgehead atoms. The summed E-state index contributed by atoms with van der Waals surface area (Å²) in [6.45, 7) is 3.96. The zero-order chi connectivity index (χ0) is 29.4. The van der Waals surface area contributed by atoms with E-state index in [0.717, 1.165) is 70.0 Å². The van der Waals surface area contributed by atoms with Crippen LogP contribution >= 0.6 is 0 Å². The first-order chi connectivity index (χ1) is 20.9. The molecule has 3 atom stereocenters. The maximum Gasteiger partial charge on any atom is 0.254 e. The van der Waals surface area contributed by atoms with Gasteiger partial charge in [0.25, 0.3) is 5.91 Å². The number of carbonyl (C=O) groups is 1. The molecule has 9 nitrogen and oxygen atoms in total. The molecule has 2 unspecified atom stereocenters. The van der Waals surface area contributed by atoms with Crippen LogP contribution in [0.1, 0.15) is 48.5 Å². The average molecular weight is 577 g/mol. The summed E-state index contributed by atoms with van der Waals surface area (Å²) in [5.74, 6) is 3.34. The van der Waals surface area contributed by atoms with Crippen molar-refractivity contribution >= 4 is 28.0 Å². The highest BCUT2D eigenvalue weighted by Gasteiger charge is 2.46. The highest BCUT2D eigenvalue weighted by atomic mass is 16.5. The molecule has 0 radical (unpaired) electrons. The number of hydrogen-bond donors (Lipinski definition) is 1. The predicted octanol–water partition coefficient (Wildman–Crippen LogP) is 5.43. The quantitative estimate of drug-likeness (QED) is 0.277. The van der Waals surface area contributed by atoms with Crippen LogP contribution in [0.15, 0.2) is 48.7 Å². The van der Waals surface area contributed by atoms with E-state index >= 15 is 0 Å². The molecule has 3 fully saturated rings. The van der Waals surface area contributed by atoms with Gasteiger partial charge in [0, 0.05) is 43.3 Å². The molecule has 3 aliphatic rings. The minimum Gasteiger partial charge on any atom is -0.494 e. The van der Waals surface area contributed by atoms with E-state index < -0.39 is 0 Å². The Morgan fingerprint density at radius 1 is 1.05 bits per heavy atom. The molecule has 0 spiro atoms. The number of amides is 1. The maximum absolute atomic E-state index is 13.7. The molecule has 5 aromatic rings. The molecule has 43 heavy (non-hydrogen) atoms. The van der Waals surface area contributed by atoms with E-state index in [-0.39, 0.29) is 12.5 Å². The molecule has 1 aromatic carbocycles. The average Bonchev–Trinajstić information content (AvgIpc) is 3.44. The second-order valence-electron chi connectivity index (χ2n) is 12.7. The number of pyridine rings is 2. The third-order valence-electron chi connectivity index (χ3n) is 10.1. The number of likely N-dealkylation sites (tertiary alicyclic amines) is 1. The van der Waals surface area contributed by atoms with Crippen LogP contribution in [0, 0.1) is 17.8 Å². The minimum absolute atomic E-state index is 0.0375. The zero-order valence-corrected chi connectivity index (χ0v) is 24.8. The van der Waals surface area contributed by atoms with E-state index in [2.05, 4.69) is 38.1 Å². The number of nitrogens with zero attached hydrogens (tertiary/aromatic N) is 6. The van der Waals surface area contributed by atoms with Gasteiger partial charge >= 0.3 is 0 Å². The van der Waals surface area contributed by atoms with Crippen molar-refractivity contribution in [1.29, 1.82) is 0 Å². The molecule has 2 aliphatic carbocycles. The monoisotopic (exact) mass is 576 g/mol. The molecule has 1 saturated heterocycles. The van der Waals surface area contributed by atoms with E-state index in [1.54, 1.807) is 13.3 Å². The minimum atomic E-state index is -0.0375. The van der Waals surface area contributed by atoms with Crippen LogP contribution in [0.4, 0.5) is 0 Å². The van der Waals surface area contributed by atoms with Crippen molar-refractivity contribution in [1.82, 2.24) is 29.0 Å². The highest BCUT2D eigenvalue weighted by molar-refractivity contribution is 6.00. The topological polar surface area (TPSA) is 98.3 Å². The summed E-state index contributed by atoms with van der Waals surface area (Å²) in [6, 6.07) is 14.2. The largest absolute Gasteiger partial charge is 0.494 e. The van der Waals surface area contributed by atoms with E-state index in [0.29, 0.717) is 35.1 Å². The molecule has 1 N–H and O–H groups in total. The molecule has 4 aromatic heterocycles. The number of aliphatic hydroxyl groups is 1. The van der Waals surface area contributed by atoms with Crippen molar-refractivity contribution in [2.24, 2.45) is 24.8 Å². The Kier molecular flexibility index (Phi) is 6.08. The SMILES string of the molecule is COc1cc(C(=O)N2CC3CCC2[C@@H]3C)cc2nc(-c3cc4ccc(-c5ccc(CO)cn5)nc4n3CC3CC3)n(C)c12. The van der Waals surface area contributed by atoms with Crippen LogP contribution in [0.2, 0.25) is 0 Å². The Balaban J connectivity index is 1.23. The Morgan fingerprint density at radius 3 is 2.56 bits per heavy atom. The summed E-state index contributed by atoms with van der Waals surface area (Å²) in [6.07, 6.45) is 6.43. The number of ether oxygens (including phenoxy) is 1. The fourth-order valence-electron chi connectivity index (χ4n) is 7.40. The fraction of sp³-hybridized carbons (Fsp3) is 0.412. The number of hydrogen-bond acceptors (Lipinski definition) is 6. The van der Waals surface area contributed by atoms with Crippen molar-refractivity contribution in [2.75, 3.05) is 13.7 Å². The van der Waals surface area contributed by atoms with Crippen molar-refractivity contribution < 1.29 is 14.6 Å². The summed E-state index contributed by atoms with van der Waals surface area (Å²) in [5, 5.41) is 10.5. The van der Waals surface area contributed by atoms with Gasteiger partial charge in [-0.15, -0.1) is 0 Å². The molecule has 1 amide bonds. The molecular formula is C34H36N6O3. The Hall–Kier alpha value is -4.24. The first kappa shape index (κ1) is 26.4. The molecule has 8 rings (SSSR count). The van der Waals surface area contributed by atoms with Crippen LogP contribution in [0.25, 0.3) is 45.0 Å². The van der Waals surface area contributed by atoms with E-state index in [1.807, 2.05) is 37.4 Å². The van der Waals surface area contributed by atoms with Crippen molar-refractivity contribution in [3.8, 4) is 28.7 Å². The van der Waals surface area contributed by atoms with Gasteiger partial charge < -0.3 is 23.9 Å². The molecule has 5 heterocycles. The number of imidazole rings is 1. The van der Waals surface area contributed by atoms with Gasteiger partial charge in [0.2, 0.25) is 0 Å². The van der Waals surface area contributed by atoms with Crippen LogP contribution in [-0.2, 0) is 20.2 Å². The van der Waals surface area contributed by atoms with Crippen molar-refractivity contribution in [2.45, 2.75) is 51.8 Å². The number of aromatic nitrogens is 5. The second-order valence-corrected chi connectivity index (χ2v) is 12.7. The van der Waals surface area contributed by atoms with Crippen LogP contribution in [0.3, 0.4) is 0 Å². The van der Waals surface area contributed by atoms with Gasteiger partial charge in [-0.1, -0.05) is 13.0 Å². The van der Waals surface area contributed by atoms with E-state index in [9.17, 15) is 9.90 Å². The number of aliphatic hydroxyl groups excluding tert-OH is 1. The predicted molar refractivity (Wildman–Crippen MR) is 165 cm³/mol. The lowest BCUT2D eigenvalue weighted by Crippen LogP contribution is -2.38. The van der Waals surface area contributed by atoms with Gasteiger partial charge in [-0.25, -0.2) is 9.97 Å². The summed E-state index contributed by atoms with van der Waals surface area (Å²) >= 11 is 0. The van der Waals surface area contributed by atoms with E-state index in [1.165, 1.54) is 19.3 Å². The number of piperidine rings is 1. The third-order valence-corrected chi connectivity index (χ3v) is 10.1. The van der Waals surface area contributed by atoms with Gasteiger partial charge in [-0.05, 0) is 85.4 Å². The van der Waals surface area contributed by atoms with Crippen LogP contribution in [0.5, 0.6) is 5.75 Å². The number of fused-ring (bicyclic) bond motifs is 4. The van der Waals surface area contributed by atoms with Crippen molar-refractivity contribution in [3.05, 3.63) is 59.8 Å². The van der Waals surface area contributed by atoms with Crippen molar-refractivity contribution in [3.63, 3.8) is 0 Å². The number of benzene rings is 1. The summed E-state index contributed by atoms with van der Waals surface area (Å²) in [4.78, 5) is 30.6. The number of aryl methyl sites for hydroxylation is 1. The second kappa shape index (κ2) is 9.91. The van der Waals surface area contributed by atoms with Gasteiger partial charge in [-0.2, -0.15) is 0 Å². The fourth-order valence-corrected chi connectivity index (χ4v) is 7.40. The summed E-state index contributed by atoms with van der Waals surface area (Å²) in [5.41, 5.74) is 6.49. The van der Waals surface area contributed by atoms with Gasteiger partial charge in [0.1, 0.15) is 16.9 Å². The zero-order valence-electron chi connectivity index (χ0n) is 24.8. The normalized spacial score (nSPS) is 21.4. The smallest absolute Gasteiger partial charge is 0.254 e. The Bertz CT molecular complexity index is 1890. The number of carbonyl (C=O) groups excluding carboxylic acids is 1. The van der Waals surface area contributed by atoms with Gasteiger partial charge in [0.15, 0.2) is 5.82 Å². The molecule has 220 valence electrons. The third kappa shape index (κ3) is 4.24.